The molecule has 3 fully saturated rings. The van der Waals surface area contributed by atoms with E-state index >= 15 is 0 Å². The summed E-state index contributed by atoms with van der Waals surface area (Å²) in [6.07, 6.45) is 5.92. The third-order valence-corrected chi connectivity index (χ3v) is 5.24. The van der Waals surface area contributed by atoms with Crippen LogP contribution in [0, 0.1) is 0 Å². The van der Waals surface area contributed by atoms with Crippen molar-refractivity contribution in [2.24, 2.45) is 0 Å². The lowest BCUT2D eigenvalue weighted by Crippen LogP contribution is -2.53. The molecule has 4 heteroatoms. The molecule has 0 aromatic rings. The Morgan fingerprint density at radius 3 is 2.84 bits per heavy atom. The van der Waals surface area contributed by atoms with Gasteiger partial charge in [0.1, 0.15) is 0 Å². The van der Waals surface area contributed by atoms with E-state index in [0.29, 0.717) is 18.1 Å². The summed E-state index contributed by atoms with van der Waals surface area (Å²) in [7, 11) is 2.24. The molecule has 4 unspecified atom stereocenters. The van der Waals surface area contributed by atoms with Crippen LogP contribution < -0.4 is 5.32 Å². The van der Waals surface area contributed by atoms with Crippen LogP contribution in [0.4, 0.5) is 0 Å². The first-order chi connectivity index (χ1) is 9.17. The number of likely N-dealkylation sites (tertiary alicyclic amines) is 1. The summed E-state index contributed by atoms with van der Waals surface area (Å²) in [5, 5.41) is 3.90. The van der Waals surface area contributed by atoms with Gasteiger partial charge in [-0.05, 0) is 46.2 Å². The van der Waals surface area contributed by atoms with Crippen molar-refractivity contribution in [1.29, 1.82) is 0 Å². The minimum atomic E-state index is 0.0347. The molecule has 110 valence electrons. The highest BCUT2D eigenvalue weighted by atomic mass is 16.6. The highest BCUT2D eigenvalue weighted by Crippen LogP contribution is 2.33. The Labute approximate surface area is 116 Å². The molecule has 0 saturated carbocycles. The first-order valence-electron chi connectivity index (χ1n) is 7.85. The number of nitrogens with one attached hydrogen (secondary N) is 1. The molecule has 3 saturated heterocycles. The summed E-state index contributed by atoms with van der Waals surface area (Å²) in [5.74, 6) is 0. The lowest BCUT2D eigenvalue weighted by Gasteiger charge is -2.41. The molecule has 0 radical (unpaired) electrons. The number of hydrogen-bond donors (Lipinski definition) is 1. The SMILES string of the molecule is CC1CC(NC2CCOC3(CCOC3)C2)CCN1C. The number of nitrogens with zero attached hydrogens (tertiary/aromatic N) is 1. The molecular formula is C15H28N2O2. The van der Waals surface area contributed by atoms with Crippen LogP contribution >= 0.6 is 0 Å². The molecule has 0 bridgehead atoms. The minimum absolute atomic E-state index is 0.0347. The highest BCUT2D eigenvalue weighted by Gasteiger charge is 2.41. The standard InChI is InChI=1S/C15H28N2O2/c1-12-9-13(3-6-17(12)2)16-14-4-7-19-15(10-14)5-8-18-11-15/h12-14,16H,3-11H2,1-2H3. The van der Waals surface area contributed by atoms with Crippen molar-refractivity contribution in [1.82, 2.24) is 10.2 Å². The molecule has 0 amide bonds. The van der Waals surface area contributed by atoms with Crippen molar-refractivity contribution >= 4 is 0 Å². The van der Waals surface area contributed by atoms with Gasteiger partial charge < -0.3 is 19.7 Å². The fourth-order valence-electron chi connectivity index (χ4n) is 3.81. The van der Waals surface area contributed by atoms with Crippen molar-refractivity contribution < 1.29 is 9.47 Å². The van der Waals surface area contributed by atoms with Crippen molar-refractivity contribution in [2.75, 3.05) is 33.4 Å². The lowest BCUT2D eigenvalue weighted by atomic mass is 9.88. The van der Waals surface area contributed by atoms with Gasteiger partial charge in [0.05, 0.1) is 12.2 Å². The number of hydrogen-bond acceptors (Lipinski definition) is 4. The summed E-state index contributed by atoms with van der Waals surface area (Å²) >= 11 is 0. The molecule has 0 aromatic carbocycles. The quantitative estimate of drug-likeness (QED) is 0.821. The number of rotatable bonds is 2. The van der Waals surface area contributed by atoms with Crippen molar-refractivity contribution in [2.45, 2.75) is 62.8 Å². The third-order valence-electron chi connectivity index (χ3n) is 5.24. The summed E-state index contributed by atoms with van der Waals surface area (Å²) in [6, 6.07) is 2.01. The van der Waals surface area contributed by atoms with E-state index in [1.54, 1.807) is 0 Å². The average Bonchev–Trinajstić information content (AvgIpc) is 2.82. The summed E-state index contributed by atoms with van der Waals surface area (Å²) in [4.78, 5) is 2.47. The summed E-state index contributed by atoms with van der Waals surface area (Å²) in [6.45, 7) is 6.12. The van der Waals surface area contributed by atoms with Crippen LogP contribution in [0.1, 0.15) is 39.0 Å². The van der Waals surface area contributed by atoms with Crippen molar-refractivity contribution in [3.8, 4) is 0 Å². The molecule has 4 nitrogen and oxygen atoms in total. The zero-order valence-corrected chi connectivity index (χ0v) is 12.4. The van der Waals surface area contributed by atoms with Crippen molar-refractivity contribution in [3.63, 3.8) is 0 Å². The zero-order chi connectivity index (χ0) is 13.3. The number of ether oxygens (including phenoxy) is 2. The number of piperidine rings is 1. The van der Waals surface area contributed by atoms with Crippen LogP contribution in [0.5, 0.6) is 0 Å². The van der Waals surface area contributed by atoms with Gasteiger partial charge in [-0.3, -0.25) is 0 Å². The van der Waals surface area contributed by atoms with Gasteiger partial charge in [0.25, 0.3) is 0 Å². The van der Waals surface area contributed by atoms with Crippen LogP contribution in [0.15, 0.2) is 0 Å². The zero-order valence-electron chi connectivity index (χ0n) is 12.4. The molecule has 3 heterocycles. The second-order valence-electron chi connectivity index (χ2n) is 6.74. The summed E-state index contributed by atoms with van der Waals surface area (Å²) < 4.78 is 11.6. The largest absolute Gasteiger partial charge is 0.378 e. The molecule has 0 aliphatic carbocycles. The normalized spacial score (nSPS) is 44.8. The Hall–Kier alpha value is -0.160. The van der Waals surface area contributed by atoms with Crippen LogP contribution in [-0.4, -0.2) is 62.0 Å². The van der Waals surface area contributed by atoms with Gasteiger partial charge in [-0.2, -0.15) is 0 Å². The van der Waals surface area contributed by atoms with E-state index in [1.807, 2.05) is 0 Å². The van der Waals surface area contributed by atoms with Gasteiger partial charge in [0.2, 0.25) is 0 Å². The molecule has 4 atom stereocenters. The molecule has 1 N–H and O–H groups in total. The maximum atomic E-state index is 6.01. The third kappa shape index (κ3) is 3.13. The van der Waals surface area contributed by atoms with Gasteiger partial charge in [-0.15, -0.1) is 0 Å². The summed E-state index contributed by atoms with van der Waals surface area (Å²) in [5.41, 5.74) is 0.0347. The Morgan fingerprint density at radius 1 is 1.21 bits per heavy atom. The average molecular weight is 268 g/mol. The molecule has 19 heavy (non-hydrogen) atoms. The van der Waals surface area contributed by atoms with Gasteiger partial charge in [0, 0.05) is 37.8 Å². The fraction of sp³-hybridized carbons (Fsp3) is 1.00. The smallest absolute Gasteiger partial charge is 0.0951 e. The first-order valence-corrected chi connectivity index (χ1v) is 7.85. The monoisotopic (exact) mass is 268 g/mol. The van der Waals surface area contributed by atoms with Crippen LogP contribution in [0.25, 0.3) is 0 Å². The second kappa shape index (κ2) is 5.68. The van der Waals surface area contributed by atoms with E-state index < -0.39 is 0 Å². The van der Waals surface area contributed by atoms with E-state index in [0.717, 1.165) is 39.1 Å². The maximum absolute atomic E-state index is 6.01. The van der Waals surface area contributed by atoms with Gasteiger partial charge in [0.15, 0.2) is 0 Å². The Balaban J connectivity index is 1.52. The Kier molecular flexibility index (Phi) is 4.13. The van der Waals surface area contributed by atoms with E-state index in [2.05, 4.69) is 24.2 Å². The van der Waals surface area contributed by atoms with Crippen LogP contribution in [0.2, 0.25) is 0 Å². The topological polar surface area (TPSA) is 33.7 Å². The van der Waals surface area contributed by atoms with Gasteiger partial charge >= 0.3 is 0 Å². The van der Waals surface area contributed by atoms with E-state index in [4.69, 9.17) is 9.47 Å². The van der Waals surface area contributed by atoms with Gasteiger partial charge in [-0.1, -0.05) is 0 Å². The molecular weight excluding hydrogens is 240 g/mol. The first kappa shape index (κ1) is 13.8. The fourth-order valence-corrected chi connectivity index (χ4v) is 3.81. The minimum Gasteiger partial charge on any atom is -0.378 e. The van der Waals surface area contributed by atoms with E-state index in [1.165, 1.54) is 19.4 Å². The second-order valence-corrected chi connectivity index (χ2v) is 6.74. The molecule has 0 aromatic heterocycles. The molecule has 3 aliphatic heterocycles. The van der Waals surface area contributed by atoms with E-state index in [-0.39, 0.29) is 5.60 Å². The molecule has 3 aliphatic rings. The Morgan fingerprint density at radius 2 is 2.11 bits per heavy atom. The molecule has 3 rings (SSSR count). The van der Waals surface area contributed by atoms with Gasteiger partial charge in [-0.25, -0.2) is 0 Å². The van der Waals surface area contributed by atoms with Crippen molar-refractivity contribution in [3.05, 3.63) is 0 Å². The predicted octanol–water partition coefficient (Wildman–Crippen LogP) is 1.40. The maximum Gasteiger partial charge on any atom is 0.0951 e. The lowest BCUT2D eigenvalue weighted by molar-refractivity contribution is -0.0910. The van der Waals surface area contributed by atoms with Crippen LogP contribution in [-0.2, 0) is 9.47 Å². The molecule has 1 spiro atoms. The Bertz CT molecular complexity index is 305. The highest BCUT2D eigenvalue weighted by molar-refractivity contribution is 4.94. The van der Waals surface area contributed by atoms with Crippen LogP contribution in [0.3, 0.4) is 0 Å². The predicted molar refractivity (Wildman–Crippen MR) is 75.4 cm³/mol. The van der Waals surface area contributed by atoms with E-state index in [9.17, 15) is 0 Å².